The van der Waals surface area contributed by atoms with E-state index in [1.54, 1.807) is 12.4 Å². The van der Waals surface area contributed by atoms with Gasteiger partial charge >= 0.3 is 0 Å². The molecule has 5 nitrogen and oxygen atoms in total. The van der Waals surface area contributed by atoms with Crippen LogP contribution in [-0.2, 0) is 16.0 Å². The fourth-order valence-corrected chi connectivity index (χ4v) is 3.06. The third-order valence-corrected chi connectivity index (χ3v) is 4.66. The Kier molecular flexibility index (Phi) is 4.48. The van der Waals surface area contributed by atoms with Gasteiger partial charge in [-0.15, -0.1) is 0 Å². The minimum atomic E-state index is 0.188. The lowest BCUT2D eigenvalue weighted by atomic mass is 9.84. The van der Waals surface area contributed by atoms with Crippen LogP contribution in [0.1, 0.15) is 37.1 Å². The van der Waals surface area contributed by atoms with E-state index < -0.39 is 0 Å². The lowest BCUT2D eigenvalue weighted by Crippen LogP contribution is -2.51. The van der Waals surface area contributed by atoms with Crippen LogP contribution in [0.3, 0.4) is 0 Å². The molecular weight excluding hydrogens is 266 g/mol. The molecule has 2 aliphatic rings. The minimum absolute atomic E-state index is 0.188. The number of morpholine rings is 1. The van der Waals surface area contributed by atoms with Gasteiger partial charge in [-0.1, -0.05) is 6.42 Å². The summed E-state index contributed by atoms with van der Waals surface area (Å²) < 4.78 is 5.58. The molecule has 0 bridgehead atoms. The Bertz CT molecular complexity index is 502. The number of aromatic nitrogens is 2. The van der Waals surface area contributed by atoms with Crippen LogP contribution in [0.5, 0.6) is 0 Å². The molecule has 1 amide bonds. The molecule has 0 radical (unpaired) electrons. The summed E-state index contributed by atoms with van der Waals surface area (Å²) in [5.41, 5.74) is 2.00. The van der Waals surface area contributed by atoms with Crippen molar-refractivity contribution in [1.29, 1.82) is 0 Å². The first-order chi connectivity index (χ1) is 10.3. The lowest BCUT2D eigenvalue weighted by Gasteiger charge is -2.39. The fourth-order valence-electron chi connectivity index (χ4n) is 3.06. The zero-order chi connectivity index (χ0) is 14.7. The number of amides is 1. The molecule has 1 aromatic rings. The van der Waals surface area contributed by atoms with E-state index in [-0.39, 0.29) is 12.0 Å². The molecule has 21 heavy (non-hydrogen) atoms. The van der Waals surface area contributed by atoms with Crippen molar-refractivity contribution in [2.45, 2.75) is 45.1 Å². The van der Waals surface area contributed by atoms with Gasteiger partial charge in [-0.05, 0) is 32.6 Å². The molecule has 0 N–H and O–H groups in total. The van der Waals surface area contributed by atoms with Crippen molar-refractivity contribution in [2.24, 2.45) is 5.92 Å². The Balaban J connectivity index is 1.61. The smallest absolute Gasteiger partial charge is 0.226 e. The standard InChI is InChI=1S/C16H23N3O2/c1-12-15(18-8-7-17-12)6-5-14-11-21-10-9-19(14)16(20)13-3-2-4-13/h7-8,13-14H,2-6,9-11H2,1H3/t14-/m1/s1. The average molecular weight is 289 g/mol. The summed E-state index contributed by atoms with van der Waals surface area (Å²) in [4.78, 5) is 23.2. The lowest BCUT2D eigenvalue weighted by molar-refractivity contribution is -0.147. The summed E-state index contributed by atoms with van der Waals surface area (Å²) in [6.07, 6.45) is 8.52. The van der Waals surface area contributed by atoms with Crippen molar-refractivity contribution in [2.75, 3.05) is 19.8 Å². The molecule has 5 heteroatoms. The van der Waals surface area contributed by atoms with Gasteiger partial charge in [-0.2, -0.15) is 0 Å². The van der Waals surface area contributed by atoms with Gasteiger partial charge < -0.3 is 9.64 Å². The first kappa shape index (κ1) is 14.4. The zero-order valence-electron chi connectivity index (χ0n) is 12.6. The molecule has 1 saturated carbocycles. The number of hydrogen-bond donors (Lipinski definition) is 0. The molecule has 2 heterocycles. The first-order valence-corrected chi connectivity index (χ1v) is 7.90. The number of rotatable bonds is 4. The highest BCUT2D eigenvalue weighted by atomic mass is 16.5. The van der Waals surface area contributed by atoms with Crippen LogP contribution in [-0.4, -0.2) is 46.6 Å². The van der Waals surface area contributed by atoms with Gasteiger partial charge in [-0.3, -0.25) is 14.8 Å². The quantitative estimate of drug-likeness (QED) is 0.847. The molecule has 1 aromatic heterocycles. The van der Waals surface area contributed by atoms with Crippen LogP contribution < -0.4 is 0 Å². The number of nitrogens with zero attached hydrogens (tertiary/aromatic N) is 3. The Labute approximate surface area is 125 Å². The monoisotopic (exact) mass is 289 g/mol. The van der Waals surface area contributed by atoms with Gasteiger partial charge in [0.2, 0.25) is 5.91 Å². The third-order valence-electron chi connectivity index (χ3n) is 4.66. The van der Waals surface area contributed by atoms with E-state index in [1.807, 2.05) is 6.92 Å². The molecule has 0 unspecified atom stereocenters. The second kappa shape index (κ2) is 6.52. The van der Waals surface area contributed by atoms with E-state index in [4.69, 9.17) is 4.74 Å². The van der Waals surface area contributed by atoms with Crippen molar-refractivity contribution in [3.63, 3.8) is 0 Å². The topological polar surface area (TPSA) is 55.3 Å². The average Bonchev–Trinajstić information content (AvgIpc) is 2.45. The molecule has 0 spiro atoms. The normalized spacial score (nSPS) is 22.9. The summed E-state index contributed by atoms with van der Waals surface area (Å²) in [5, 5.41) is 0. The first-order valence-electron chi connectivity index (χ1n) is 7.90. The number of aryl methyl sites for hydroxylation is 2. The number of carbonyl (C=O) groups excluding carboxylic acids is 1. The van der Waals surface area contributed by atoms with E-state index in [2.05, 4.69) is 14.9 Å². The van der Waals surface area contributed by atoms with Crippen LogP contribution in [0.2, 0.25) is 0 Å². The Hall–Kier alpha value is -1.49. The number of carbonyl (C=O) groups is 1. The second-order valence-electron chi connectivity index (χ2n) is 6.02. The SMILES string of the molecule is Cc1nccnc1CC[C@@H]1COCCN1C(=O)C1CCC1. The Morgan fingerprint density at radius 2 is 2.19 bits per heavy atom. The summed E-state index contributed by atoms with van der Waals surface area (Å²) in [5.74, 6) is 0.606. The highest BCUT2D eigenvalue weighted by Crippen LogP contribution is 2.30. The summed E-state index contributed by atoms with van der Waals surface area (Å²) in [6, 6.07) is 0.188. The van der Waals surface area contributed by atoms with Crippen molar-refractivity contribution < 1.29 is 9.53 Å². The highest BCUT2D eigenvalue weighted by molar-refractivity contribution is 5.80. The van der Waals surface area contributed by atoms with E-state index in [1.165, 1.54) is 6.42 Å². The predicted molar refractivity (Wildman–Crippen MR) is 78.8 cm³/mol. The van der Waals surface area contributed by atoms with E-state index in [0.29, 0.717) is 19.1 Å². The molecule has 2 fully saturated rings. The number of ether oxygens (including phenoxy) is 1. The zero-order valence-corrected chi connectivity index (χ0v) is 12.6. The van der Waals surface area contributed by atoms with Crippen LogP contribution in [0.25, 0.3) is 0 Å². The fraction of sp³-hybridized carbons (Fsp3) is 0.688. The van der Waals surface area contributed by atoms with E-state index in [9.17, 15) is 4.79 Å². The second-order valence-corrected chi connectivity index (χ2v) is 6.02. The van der Waals surface area contributed by atoms with Crippen molar-refractivity contribution in [3.05, 3.63) is 23.8 Å². The van der Waals surface area contributed by atoms with Gasteiger partial charge in [0.25, 0.3) is 0 Å². The molecular formula is C16H23N3O2. The van der Waals surface area contributed by atoms with Gasteiger partial charge in [0.15, 0.2) is 0 Å². The summed E-state index contributed by atoms with van der Waals surface area (Å²) >= 11 is 0. The van der Waals surface area contributed by atoms with Crippen LogP contribution in [0.4, 0.5) is 0 Å². The maximum Gasteiger partial charge on any atom is 0.226 e. The van der Waals surface area contributed by atoms with Crippen molar-refractivity contribution in [3.8, 4) is 0 Å². The van der Waals surface area contributed by atoms with Crippen molar-refractivity contribution in [1.82, 2.24) is 14.9 Å². The molecule has 1 aliphatic heterocycles. The van der Waals surface area contributed by atoms with Crippen LogP contribution in [0, 0.1) is 12.8 Å². The van der Waals surface area contributed by atoms with Gasteiger partial charge in [-0.25, -0.2) is 0 Å². The Morgan fingerprint density at radius 3 is 2.90 bits per heavy atom. The summed E-state index contributed by atoms with van der Waals surface area (Å²) in [7, 11) is 0. The molecule has 1 aliphatic carbocycles. The van der Waals surface area contributed by atoms with E-state index >= 15 is 0 Å². The van der Waals surface area contributed by atoms with Crippen LogP contribution >= 0.6 is 0 Å². The van der Waals surface area contributed by atoms with E-state index in [0.717, 1.165) is 43.6 Å². The van der Waals surface area contributed by atoms with Crippen LogP contribution in [0.15, 0.2) is 12.4 Å². The molecule has 1 atom stereocenters. The largest absolute Gasteiger partial charge is 0.377 e. The maximum absolute atomic E-state index is 12.5. The van der Waals surface area contributed by atoms with Gasteiger partial charge in [0.05, 0.1) is 30.6 Å². The minimum Gasteiger partial charge on any atom is -0.377 e. The molecule has 0 aromatic carbocycles. The maximum atomic E-state index is 12.5. The molecule has 114 valence electrons. The summed E-state index contributed by atoms with van der Waals surface area (Å²) in [6.45, 7) is 4.04. The van der Waals surface area contributed by atoms with Gasteiger partial charge in [0.1, 0.15) is 0 Å². The van der Waals surface area contributed by atoms with Gasteiger partial charge in [0, 0.05) is 24.9 Å². The third kappa shape index (κ3) is 3.23. The Morgan fingerprint density at radius 1 is 1.38 bits per heavy atom. The highest BCUT2D eigenvalue weighted by Gasteiger charge is 2.34. The molecule has 3 rings (SSSR count). The molecule has 1 saturated heterocycles. The van der Waals surface area contributed by atoms with Crippen molar-refractivity contribution >= 4 is 5.91 Å². The number of hydrogen-bond acceptors (Lipinski definition) is 4. The predicted octanol–water partition coefficient (Wildman–Crippen LogP) is 1.75.